The highest BCUT2D eigenvalue weighted by atomic mass is 35.5. The predicted molar refractivity (Wildman–Crippen MR) is 78.9 cm³/mol. The highest BCUT2D eigenvalue weighted by molar-refractivity contribution is 6.32. The zero-order chi connectivity index (χ0) is 14.5. The minimum atomic E-state index is 0.285. The van der Waals surface area contributed by atoms with Gasteiger partial charge in [0.25, 0.3) is 0 Å². The van der Waals surface area contributed by atoms with Crippen LogP contribution in [0.1, 0.15) is 21.5 Å². The first-order chi connectivity index (χ1) is 9.63. The summed E-state index contributed by atoms with van der Waals surface area (Å²) in [5.41, 5.74) is 2.45. The number of ether oxygens (including phenoxy) is 2. The highest BCUT2D eigenvalue weighted by Crippen LogP contribution is 2.27. The second-order valence-electron chi connectivity index (χ2n) is 4.41. The monoisotopic (exact) mass is 290 g/mol. The molecule has 0 aromatic heterocycles. The third-order valence-electron chi connectivity index (χ3n) is 2.91. The minimum absolute atomic E-state index is 0.285. The molecule has 0 fully saturated rings. The van der Waals surface area contributed by atoms with Crippen molar-refractivity contribution in [2.24, 2.45) is 0 Å². The normalized spacial score (nSPS) is 10.2. The number of hydrogen-bond acceptors (Lipinski definition) is 3. The van der Waals surface area contributed by atoms with Crippen LogP contribution >= 0.6 is 11.6 Å². The van der Waals surface area contributed by atoms with Gasteiger partial charge < -0.3 is 9.47 Å². The molecule has 0 N–H and O–H groups in total. The Balaban J connectivity index is 2.19. The molecule has 0 saturated carbocycles. The van der Waals surface area contributed by atoms with Gasteiger partial charge in [0.05, 0.1) is 12.1 Å². The molecule has 0 bridgehead atoms. The molecule has 0 unspecified atom stereocenters. The van der Waals surface area contributed by atoms with E-state index >= 15 is 0 Å². The van der Waals surface area contributed by atoms with Gasteiger partial charge in [0.15, 0.2) is 0 Å². The molecule has 0 radical (unpaired) electrons. The topological polar surface area (TPSA) is 35.5 Å². The third-order valence-corrected chi connectivity index (χ3v) is 3.21. The Morgan fingerprint density at radius 3 is 2.55 bits per heavy atom. The fraction of sp³-hybridized carbons (Fsp3) is 0.188. The number of carbonyl (C=O) groups excluding carboxylic acids is 1. The van der Waals surface area contributed by atoms with Gasteiger partial charge in [-0.3, -0.25) is 4.79 Å². The summed E-state index contributed by atoms with van der Waals surface area (Å²) in [6.45, 7) is 2.25. The van der Waals surface area contributed by atoms with Crippen molar-refractivity contribution in [3.8, 4) is 11.5 Å². The maximum Gasteiger partial charge on any atom is 0.150 e. The molecular formula is C16H15ClO3. The van der Waals surface area contributed by atoms with Crippen LogP contribution in [0.5, 0.6) is 11.5 Å². The van der Waals surface area contributed by atoms with Crippen LogP contribution in [-0.2, 0) is 6.61 Å². The van der Waals surface area contributed by atoms with E-state index in [-0.39, 0.29) is 6.61 Å². The number of benzene rings is 2. The van der Waals surface area contributed by atoms with Gasteiger partial charge in [-0.05, 0) is 42.8 Å². The van der Waals surface area contributed by atoms with E-state index in [9.17, 15) is 4.79 Å². The van der Waals surface area contributed by atoms with Crippen LogP contribution in [0.25, 0.3) is 0 Å². The van der Waals surface area contributed by atoms with Crippen molar-refractivity contribution in [3.05, 3.63) is 58.1 Å². The fourth-order valence-corrected chi connectivity index (χ4v) is 2.15. The van der Waals surface area contributed by atoms with Crippen molar-refractivity contribution >= 4 is 17.9 Å². The van der Waals surface area contributed by atoms with Gasteiger partial charge in [0, 0.05) is 11.1 Å². The first-order valence-electron chi connectivity index (χ1n) is 6.15. The lowest BCUT2D eigenvalue weighted by molar-refractivity contribution is 0.112. The van der Waals surface area contributed by atoms with Crippen LogP contribution in [0.2, 0.25) is 5.02 Å². The molecule has 3 nitrogen and oxygen atoms in total. The predicted octanol–water partition coefficient (Wildman–Crippen LogP) is 4.05. The van der Waals surface area contributed by atoms with Gasteiger partial charge in [-0.1, -0.05) is 17.7 Å². The lowest BCUT2D eigenvalue weighted by atomic mass is 10.1. The second-order valence-corrected chi connectivity index (χ2v) is 4.82. The summed E-state index contributed by atoms with van der Waals surface area (Å²) in [5, 5.41) is 0.565. The number of halogens is 1. The fourth-order valence-electron chi connectivity index (χ4n) is 1.86. The average molecular weight is 291 g/mol. The number of aldehydes is 1. The van der Waals surface area contributed by atoms with E-state index in [0.717, 1.165) is 17.4 Å². The zero-order valence-corrected chi connectivity index (χ0v) is 12.1. The molecule has 104 valence electrons. The number of carbonyl (C=O) groups is 1. The quantitative estimate of drug-likeness (QED) is 0.779. The SMILES string of the molecule is COc1ccc(C=O)cc1COc1ccc(C)cc1Cl. The van der Waals surface area contributed by atoms with E-state index in [1.54, 1.807) is 25.3 Å². The van der Waals surface area contributed by atoms with Crippen LogP contribution in [0.15, 0.2) is 36.4 Å². The lowest BCUT2D eigenvalue weighted by Crippen LogP contribution is -2.00. The van der Waals surface area contributed by atoms with Gasteiger partial charge in [-0.2, -0.15) is 0 Å². The standard InChI is InChI=1S/C16H15ClO3/c1-11-3-5-16(14(17)7-11)20-10-13-8-12(9-18)4-6-15(13)19-2/h3-9H,10H2,1-2H3. The Morgan fingerprint density at radius 1 is 1.15 bits per heavy atom. The molecule has 0 amide bonds. The molecule has 0 spiro atoms. The first kappa shape index (κ1) is 14.4. The van der Waals surface area contributed by atoms with E-state index in [1.165, 1.54) is 0 Å². The Labute approximate surface area is 123 Å². The smallest absolute Gasteiger partial charge is 0.150 e. The molecule has 0 atom stereocenters. The summed E-state index contributed by atoms with van der Waals surface area (Å²) in [7, 11) is 1.58. The highest BCUT2D eigenvalue weighted by Gasteiger charge is 2.07. The van der Waals surface area contributed by atoms with Crippen LogP contribution < -0.4 is 9.47 Å². The molecule has 0 saturated heterocycles. The largest absolute Gasteiger partial charge is 0.496 e. The van der Waals surface area contributed by atoms with E-state index in [4.69, 9.17) is 21.1 Å². The molecule has 20 heavy (non-hydrogen) atoms. The van der Waals surface area contributed by atoms with E-state index in [0.29, 0.717) is 22.1 Å². The van der Waals surface area contributed by atoms with Gasteiger partial charge in [0.1, 0.15) is 24.4 Å². The molecule has 2 aromatic carbocycles. The average Bonchev–Trinajstić information content (AvgIpc) is 2.46. The van der Waals surface area contributed by atoms with Gasteiger partial charge in [-0.15, -0.1) is 0 Å². The van der Waals surface area contributed by atoms with Crippen molar-refractivity contribution < 1.29 is 14.3 Å². The van der Waals surface area contributed by atoms with E-state index in [1.807, 2.05) is 25.1 Å². The van der Waals surface area contributed by atoms with Gasteiger partial charge in [0.2, 0.25) is 0 Å². The summed E-state index contributed by atoms with van der Waals surface area (Å²) in [4.78, 5) is 10.8. The Kier molecular flexibility index (Phi) is 4.64. The number of hydrogen-bond donors (Lipinski definition) is 0. The molecular weight excluding hydrogens is 276 g/mol. The maximum absolute atomic E-state index is 10.8. The Bertz CT molecular complexity index is 623. The molecule has 2 aromatic rings. The summed E-state index contributed by atoms with van der Waals surface area (Å²) in [6, 6.07) is 10.8. The molecule has 0 aliphatic rings. The minimum Gasteiger partial charge on any atom is -0.496 e. The summed E-state index contributed by atoms with van der Waals surface area (Å²) >= 11 is 6.12. The number of aryl methyl sites for hydroxylation is 1. The first-order valence-corrected chi connectivity index (χ1v) is 6.53. The number of rotatable bonds is 5. The number of methoxy groups -OCH3 is 1. The molecule has 0 aliphatic heterocycles. The van der Waals surface area contributed by atoms with Crippen LogP contribution in [0.3, 0.4) is 0 Å². The summed E-state index contributed by atoms with van der Waals surface area (Å²) in [5.74, 6) is 1.29. The Morgan fingerprint density at radius 2 is 1.90 bits per heavy atom. The van der Waals surface area contributed by atoms with Crippen molar-refractivity contribution in [1.29, 1.82) is 0 Å². The third kappa shape index (κ3) is 3.31. The summed E-state index contributed by atoms with van der Waals surface area (Å²) < 4.78 is 10.9. The van der Waals surface area contributed by atoms with E-state index < -0.39 is 0 Å². The second kappa shape index (κ2) is 6.44. The van der Waals surface area contributed by atoms with E-state index in [2.05, 4.69) is 0 Å². The van der Waals surface area contributed by atoms with Crippen molar-refractivity contribution in [3.63, 3.8) is 0 Å². The Hall–Kier alpha value is -2.00. The van der Waals surface area contributed by atoms with Crippen LogP contribution in [-0.4, -0.2) is 13.4 Å². The molecule has 0 heterocycles. The molecule has 2 rings (SSSR count). The molecule has 4 heteroatoms. The zero-order valence-electron chi connectivity index (χ0n) is 11.4. The maximum atomic E-state index is 10.8. The van der Waals surface area contributed by atoms with Gasteiger partial charge >= 0.3 is 0 Å². The summed E-state index contributed by atoms with van der Waals surface area (Å²) in [6.07, 6.45) is 0.793. The van der Waals surface area contributed by atoms with Crippen LogP contribution in [0.4, 0.5) is 0 Å². The van der Waals surface area contributed by atoms with Crippen molar-refractivity contribution in [2.45, 2.75) is 13.5 Å². The van der Waals surface area contributed by atoms with Gasteiger partial charge in [-0.25, -0.2) is 0 Å². The van der Waals surface area contributed by atoms with Crippen molar-refractivity contribution in [2.75, 3.05) is 7.11 Å². The lowest BCUT2D eigenvalue weighted by Gasteiger charge is -2.12. The van der Waals surface area contributed by atoms with Crippen molar-refractivity contribution in [1.82, 2.24) is 0 Å². The van der Waals surface area contributed by atoms with Crippen LogP contribution in [0, 0.1) is 6.92 Å². The molecule has 0 aliphatic carbocycles.